The van der Waals surface area contributed by atoms with E-state index in [9.17, 15) is 10.2 Å². The largest absolute Gasteiger partial charge is 0.393 e. The number of ether oxygens (including phenoxy) is 1. The first-order valence-corrected chi connectivity index (χ1v) is 16.2. The number of epoxide rings is 1. The third-order valence-corrected chi connectivity index (χ3v) is 9.82. The molecule has 2 N–H and O–H groups in total. The van der Waals surface area contributed by atoms with Gasteiger partial charge in [-0.2, -0.15) is 0 Å². The van der Waals surface area contributed by atoms with Crippen LogP contribution in [0.1, 0.15) is 108 Å². The van der Waals surface area contributed by atoms with Gasteiger partial charge < -0.3 is 14.9 Å². The van der Waals surface area contributed by atoms with Crippen LogP contribution in [0.5, 0.6) is 0 Å². The molecule has 3 aliphatic rings. The van der Waals surface area contributed by atoms with Crippen molar-refractivity contribution >= 4 is 0 Å². The van der Waals surface area contributed by atoms with Gasteiger partial charge in [-0.3, -0.25) is 0 Å². The van der Waals surface area contributed by atoms with Crippen LogP contribution < -0.4 is 0 Å². The summed E-state index contributed by atoms with van der Waals surface area (Å²) in [6.45, 7) is 21.8. The fourth-order valence-electron chi connectivity index (χ4n) is 7.50. The minimum atomic E-state index is -0.256. The second kappa shape index (κ2) is 14.1. The van der Waals surface area contributed by atoms with Gasteiger partial charge in [0.05, 0.1) is 17.8 Å². The molecule has 4 atom stereocenters. The van der Waals surface area contributed by atoms with Gasteiger partial charge in [-0.25, -0.2) is 0 Å². The van der Waals surface area contributed by atoms with Gasteiger partial charge in [0.15, 0.2) is 0 Å². The molecule has 0 aromatic carbocycles. The Morgan fingerprint density at radius 1 is 0.744 bits per heavy atom. The molecule has 0 bridgehead atoms. The van der Waals surface area contributed by atoms with Crippen molar-refractivity contribution in [1.82, 2.24) is 0 Å². The van der Waals surface area contributed by atoms with Gasteiger partial charge in [0.2, 0.25) is 0 Å². The summed E-state index contributed by atoms with van der Waals surface area (Å²) in [6.07, 6.45) is 30.4. The Morgan fingerprint density at radius 3 is 1.88 bits per heavy atom. The van der Waals surface area contributed by atoms with Gasteiger partial charge in [-0.05, 0) is 90.0 Å². The van der Waals surface area contributed by atoms with E-state index >= 15 is 0 Å². The molecule has 0 aromatic rings. The zero-order chi connectivity index (χ0) is 32.1. The summed E-state index contributed by atoms with van der Waals surface area (Å²) < 4.78 is 6.33. The van der Waals surface area contributed by atoms with E-state index in [1.165, 1.54) is 33.4 Å². The van der Waals surface area contributed by atoms with Gasteiger partial charge in [0, 0.05) is 6.42 Å². The van der Waals surface area contributed by atoms with E-state index in [4.69, 9.17) is 4.74 Å². The SMILES string of the molecule is CC1=C(/C=C/C(C)=C/C=C/C(C)=C/C=C/C=C(C)/C=C/C=C(\C)CC[C@]23O[C@@]2(C)C[C@@H](O)CC3(C)C)C(C)(C)C[C@H](O)C1. The molecule has 2 fully saturated rings. The molecule has 0 unspecified atom stereocenters. The van der Waals surface area contributed by atoms with Crippen LogP contribution in [0.25, 0.3) is 0 Å². The number of fused-ring (bicyclic) bond motifs is 1. The van der Waals surface area contributed by atoms with Crippen LogP contribution in [0.15, 0.2) is 106 Å². The van der Waals surface area contributed by atoms with Gasteiger partial charge >= 0.3 is 0 Å². The van der Waals surface area contributed by atoms with Crippen LogP contribution in [0.4, 0.5) is 0 Å². The molecule has 1 aliphatic heterocycles. The Bertz CT molecular complexity index is 1290. The average Bonchev–Trinajstić information content (AvgIpc) is 3.49. The van der Waals surface area contributed by atoms with Gasteiger partial charge in [-0.1, -0.05) is 128 Å². The standard InChI is InChI=1S/C40H58O3/c1-29(17-13-19-31(3)21-22-36-33(5)25-34(41)26-37(36,6)7)15-11-12-16-30(2)18-14-20-32(4)23-24-40-38(8,9)27-35(42)28-39(40,10)43-40/h11-22,34-35,41-42H,23-28H2,1-10H3/b12-11+,17-13+,18-14+,22-21+,29-15+,30-16+,31-19+,32-20+/t34-,35+,39+,40-/m1/s1. The van der Waals surface area contributed by atoms with E-state index in [0.717, 1.165) is 38.5 Å². The first-order chi connectivity index (χ1) is 20.0. The topological polar surface area (TPSA) is 53.0 Å². The molecule has 0 radical (unpaired) electrons. The number of hydrogen-bond acceptors (Lipinski definition) is 3. The smallest absolute Gasteiger partial charge is 0.103 e. The van der Waals surface area contributed by atoms with Crippen molar-refractivity contribution in [3.05, 3.63) is 106 Å². The highest BCUT2D eigenvalue weighted by molar-refractivity contribution is 5.38. The molecule has 2 aliphatic carbocycles. The number of hydrogen-bond donors (Lipinski definition) is 2. The maximum atomic E-state index is 10.3. The summed E-state index contributed by atoms with van der Waals surface area (Å²) in [6, 6.07) is 0. The van der Waals surface area contributed by atoms with Crippen LogP contribution >= 0.6 is 0 Å². The van der Waals surface area contributed by atoms with Crippen molar-refractivity contribution in [2.24, 2.45) is 10.8 Å². The van der Waals surface area contributed by atoms with E-state index in [2.05, 4.69) is 142 Å². The van der Waals surface area contributed by atoms with Crippen molar-refractivity contribution < 1.29 is 14.9 Å². The van der Waals surface area contributed by atoms with E-state index in [1.54, 1.807) is 0 Å². The molecule has 43 heavy (non-hydrogen) atoms. The number of aliphatic hydroxyl groups is 2. The Balaban J connectivity index is 1.46. The highest BCUT2D eigenvalue weighted by Crippen LogP contribution is 2.67. The predicted octanol–water partition coefficient (Wildman–Crippen LogP) is 9.98. The monoisotopic (exact) mass is 586 g/mol. The van der Waals surface area contributed by atoms with Crippen LogP contribution in [0, 0.1) is 10.8 Å². The van der Waals surface area contributed by atoms with Crippen LogP contribution in [-0.4, -0.2) is 33.6 Å². The molecule has 3 heteroatoms. The van der Waals surface area contributed by atoms with Crippen LogP contribution in [0.3, 0.4) is 0 Å². The maximum Gasteiger partial charge on any atom is 0.103 e. The number of rotatable bonds is 11. The van der Waals surface area contributed by atoms with Crippen molar-refractivity contribution in [2.45, 2.75) is 131 Å². The van der Waals surface area contributed by atoms with E-state index in [0.29, 0.717) is 0 Å². The molecule has 1 saturated carbocycles. The van der Waals surface area contributed by atoms with Crippen LogP contribution in [0.2, 0.25) is 0 Å². The van der Waals surface area contributed by atoms with E-state index in [-0.39, 0.29) is 34.2 Å². The first-order valence-electron chi connectivity index (χ1n) is 16.2. The summed E-state index contributed by atoms with van der Waals surface area (Å²) in [7, 11) is 0. The summed E-state index contributed by atoms with van der Waals surface area (Å²) in [5.74, 6) is 0. The van der Waals surface area contributed by atoms with Gasteiger partial charge in [0.25, 0.3) is 0 Å². The van der Waals surface area contributed by atoms with Gasteiger partial charge in [-0.15, -0.1) is 0 Å². The zero-order valence-electron chi connectivity index (χ0n) is 28.6. The fourth-order valence-corrected chi connectivity index (χ4v) is 7.50. The molecule has 1 heterocycles. The van der Waals surface area contributed by atoms with Gasteiger partial charge in [0.1, 0.15) is 5.60 Å². The molecule has 3 rings (SSSR count). The lowest BCUT2D eigenvalue weighted by Gasteiger charge is -2.40. The quantitative estimate of drug-likeness (QED) is 0.187. The molecule has 0 aromatic heterocycles. The molecule has 1 saturated heterocycles. The first kappa shape index (κ1) is 35.0. The Hall–Kier alpha value is -2.46. The van der Waals surface area contributed by atoms with E-state index in [1.807, 2.05) is 0 Å². The number of allylic oxidation sites excluding steroid dienone is 17. The molecule has 3 nitrogen and oxygen atoms in total. The highest BCUT2D eigenvalue weighted by atomic mass is 16.6. The maximum absolute atomic E-state index is 10.3. The molecular weight excluding hydrogens is 528 g/mol. The minimum absolute atomic E-state index is 0.00526. The summed E-state index contributed by atoms with van der Waals surface area (Å²) in [5.41, 5.74) is 7.29. The van der Waals surface area contributed by atoms with Crippen molar-refractivity contribution in [1.29, 1.82) is 0 Å². The molecule has 0 amide bonds. The Kier molecular flexibility index (Phi) is 11.5. The molecule has 0 spiro atoms. The normalized spacial score (nSPS) is 32.1. The molecule has 236 valence electrons. The summed E-state index contributed by atoms with van der Waals surface area (Å²) in [5, 5.41) is 20.4. The Labute approximate surface area is 262 Å². The highest BCUT2D eigenvalue weighted by Gasteiger charge is 2.75. The zero-order valence-corrected chi connectivity index (χ0v) is 28.6. The predicted molar refractivity (Wildman–Crippen MR) is 184 cm³/mol. The summed E-state index contributed by atoms with van der Waals surface area (Å²) >= 11 is 0. The lowest BCUT2D eigenvalue weighted by Crippen LogP contribution is -2.47. The third kappa shape index (κ3) is 9.03. The number of aliphatic hydroxyl groups excluding tert-OH is 2. The van der Waals surface area contributed by atoms with E-state index < -0.39 is 0 Å². The van der Waals surface area contributed by atoms with Crippen LogP contribution in [-0.2, 0) is 4.74 Å². The second-order valence-corrected chi connectivity index (χ2v) is 14.9. The second-order valence-electron chi connectivity index (χ2n) is 14.9. The molecular formula is C40H58O3. The Morgan fingerprint density at radius 2 is 1.30 bits per heavy atom. The lowest BCUT2D eigenvalue weighted by molar-refractivity contribution is 0.0318. The average molecular weight is 587 g/mol. The summed E-state index contributed by atoms with van der Waals surface area (Å²) in [4.78, 5) is 0. The van der Waals surface area contributed by atoms with Crippen molar-refractivity contribution in [2.75, 3.05) is 0 Å². The van der Waals surface area contributed by atoms with Crippen molar-refractivity contribution in [3.63, 3.8) is 0 Å². The third-order valence-electron chi connectivity index (χ3n) is 9.82. The lowest BCUT2D eigenvalue weighted by atomic mass is 9.61. The minimum Gasteiger partial charge on any atom is -0.393 e. The fraction of sp³-hybridized carbons (Fsp3) is 0.550. The van der Waals surface area contributed by atoms with Crippen molar-refractivity contribution in [3.8, 4) is 0 Å².